The third-order valence-corrected chi connectivity index (χ3v) is 5.47. The number of carbonyl (C=O) groups is 2. The minimum atomic E-state index is -0.501. The van der Waals surface area contributed by atoms with Crippen LogP contribution in [-0.2, 0) is 9.53 Å². The lowest BCUT2D eigenvalue weighted by Gasteiger charge is -2.35. The van der Waals surface area contributed by atoms with Crippen molar-refractivity contribution in [3.05, 3.63) is 52.1 Å². The number of hydrogen-bond donors (Lipinski definition) is 1. The predicted octanol–water partition coefficient (Wildman–Crippen LogP) is 2.55. The standard InChI is InChI=1S/C23H28N4O7/c1-16(28)25-8-10-26(11-9-25)19-6-4-17(14-20(19)27(30)31)23(29)24-18-5-7-21(33-3)22(15-18)34-13-12-32-2/h4-7,14-15H,8-13H2,1-3H3,(H,24,29). The summed E-state index contributed by atoms with van der Waals surface area (Å²) in [6.07, 6.45) is 0. The fraction of sp³-hybridized carbons (Fsp3) is 0.391. The molecule has 182 valence electrons. The molecule has 1 heterocycles. The van der Waals surface area contributed by atoms with Gasteiger partial charge < -0.3 is 29.3 Å². The molecule has 0 aromatic heterocycles. The number of benzene rings is 2. The number of nitrogens with zero attached hydrogens (tertiary/aromatic N) is 3. The quantitative estimate of drug-likeness (QED) is 0.336. The Morgan fingerprint density at radius 2 is 1.76 bits per heavy atom. The molecule has 34 heavy (non-hydrogen) atoms. The summed E-state index contributed by atoms with van der Waals surface area (Å²) < 4.78 is 15.9. The van der Waals surface area contributed by atoms with Crippen LogP contribution in [0, 0.1) is 10.1 Å². The maximum Gasteiger partial charge on any atom is 0.293 e. The van der Waals surface area contributed by atoms with Crippen LogP contribution in [0.4, 0.5) is 17.1 Å². The average Bonchev–Trinajstić information content (AvgIpc) is 2.84. The summed E-state index contributed by atoms with van der Waals surface area (Å²) in [7, 11) is 3.07. The molecule has 2 aromatic carbocycles. The van der Waals surface area contributed by atoms with Crippen molar-refractivity contribution < 1.29 is 28.7 Å². The van der Waals surface area contributed by atoms with E-state index in [1.807, 2.05) is 4.90 Å². The molecule has 1 fully saturated rings. The van der Waals surface area contributed by atoms with Gasteiger partial charge in [0.25, 0.3) is 11.6 Å². The Labute approximate surface area is 197 Å². The minimum Gasteiger partial charge on any atom is -0.493 e. The van der Waals surface area contributed by atoms with Gasteiger partial charge in [0, 0.05) is 63.6 Å². The molecule has 1 aliphatic rings. The molecular weight excluding hydrogens is 444 g/mol. The van der Waals surface area contributed by atoms with Crippen LogP contribution in [-0.4, -0.2) is 75.2 Å². The Morgan fingerprint density at radius 3 is 2.38 bits per heavy atom. The number of anilines is 2. The van der Waals surface area contributed by atoms with Crippen LogP contribution in [0.25, 0.3) is 0 Å². The largest absolute Gasteiger partial charge is 0.493 e. The number of nitrogens with one attached hydrogen (secondary N) is 1. The van der Waals surface area contributed by atoms with Crippen LogP contribution in [0.3, 0.4) is 0 Å². The van der Waals surface area contributed by atoms with E-state index in [0.717, 1.165) is 0 Å². The highest BCUT2D eigenvalue weighted by Crippen LogP contribution is 2.32. The van der Waals surface area contributed by atoms with Crippen LogP contribution >= 0.6 is 0 Å². The minimum absolute atomic E-state index is 0.0213. The molecule has 1 saturated heterocycles. The smallest absolute Gasteiger partial charge is 0.293 e. The molecule has 0 unspecified atom stereocenters. The Hall–Kier alpha value is -3.86. The van der Waals surface area contributed by atoms with Gasteiger partial charge in [-0.1, -0.05) is 0 Å². The zero-order chi connectivity index (χ0) is 24.7. The summed E-state index contributed by atoms with van der Waals surface area (Å²) in [6, 6.07) is 9.31. The maximum absolute atomic E-state index is 12.8. The van der Waals surface area contributed by atoms with Gasteiger partial charge in [0.15, 0.2) is 11.5 Å². The molecule has 1 N–H and O–H groups in total. The van der Waals surface area contributed by atoms with Crippen molar-refractivity contribution in [3.8, 4) is 11.5 Å². The summed E-state index contributed by atoms with van der Waals surface area (Å²) in [5, 5.41) is 14.5. The number of hydrogen-bond acceptors (Lipinski definition) is 8. The van der Waals surface area contributed by atoms with Crippen molar-refractivity contribution in [1.82, 2.24) is 4.90 Å². The Morgan fingerprint density at radius 1 is 1.03 bits per heavy atom. The van der Waals surface area contributed by atoms with E-state index in [4.69, 9.17) is 14.2 Å². The van der Waals surface area contributed by atoms with E-state index >= 15 is 0 Å². The molecule has 0 radical (unpaired) electrons. The third kappa shape index (κ3) is 5.93. The van der Waals surface area contributed by atoms with E-state index in [2.05, 4.69) is 5.32 Å². The molecule has 3 rings (SSSR count). The average molecular weight is 472 g/mol. The van der Waals surface area contributed by atoms with Crippen molar-refractivity contribution in [2.75, 3.05) is 63.8 Å². The highest BCUT2D eigenvalue weighted by atomic mass is 16.6. The van der Waals surface area contributed by atoms with Crippen molar-refractivity contribution in [1.29, 1.82) is 0 Å². The maximum atomic E-state index is 12.8. The number of carbonyl (C=O) groups excluding carboxylic acids is 2. The molecule has 2 amide bonds. The first-order chi connectivity index (χ1) is 16.3. The number of ether oxygens (including phenoxy) is 3. The zero-order valence-corrected chi connectivity index (χ0v) is 19.4. The van der Waals surface area contributed by atoms with E-state index in [1.54, 1.807) is 42.3 Å². The molecule has 2 aromatic rings. The number of rotatable bonds is 9. The van der Waals surface area contributed by atoms with Gasteiger partial charge in [-0.15, -0.1) is 0 Å². The summed E-state index contributed by atoms with van der Waals surface area (Å²) in [4.78, 5) is 39.2. The van der Waals surface area contributed by atoms with E-state index in [9.17, 15) is 19.7 Å². The summed E-state index contributed by atoms with van der Waals surface area (Å²) in [5.74, 6) is 0.415. The summed E-state index contributed by atoms with van der Waals surface area (Å²) in [6.45, 7) is 4.12. The molecule has 11 nitrogen and oxygen atoms in total. The normalized spacial score (nSPS) is 13.4. The molecule has 0 spiro atoms. The predicted molar refractivity (Wildman–Crippen MR) is 126 cm³/mol. The topological polar surface area (TPSA) is 123 Å². The number of nitro groups is 1. The first-order valence-electron chi connectivity index (χ1n) is 10.7. The lowest BCUT2D eigenvalue weighted by molar-refractivity contribution is -0.384. The van der Waals surface area contributed by atoms with Crippen molar-refractivity contribution in [2.24, 2.45) is 0 Å². The molecule has 0 aliphatic carbocycles. The second-order valence-electron chi connectivity index (χ2n) is 7.61. The fourth-order valence-corrected chi connectivity index (χ4v) is 3.65. The van der Waals surface area contributed by atoms with Gasteiger partial charge in [0.05, 0.1) is 18.6 Å². The lowest BCUT2D eigenvalue weighted by atomic mass is 10.1. The number of amides is 2. The van der Waals surface area contributed by atoms with E-state index in [0.29, 0.717) is 62.3 Å². The highest BCUT2D eigenvalue weighted by Gasteiger charge is 2.26. The van der Waals surface area contributed by atoms with E-state index in [-0.39, 0.29) is 17.2 Å². The van der Waals surface area contributed by atoms with Crippen LogP contribution < -0.4 is 19.7 Å². The molecule has 0 bridgehead atoms. The number of methoxy groups -OCH3 is 2. The second kappa shape index (κ2) is 11.3. The van der Waals surface area contributed by atoms with Crippen LogP contribution in [0.1, 0.15) is 17.3 Å². The van der Waals surface area contributed by atoms with Gasteiger partial charge in [0.1, 0.15) is 12.3 Å². The first kappa shape index (κ1) is 24.8. The highest BCUT2D eigenvalue weighted by molar-refractivity contribution is 6.05. The van der Waals surface area contributed by atoms with Gasteiger partial charge >= 0.3 is 0 Å². The van der Waals surface area contributed by atoms with E-state index in [1.165, 1.54) is 20.1 Å². The van der Waals surface area contributed by atoms with Gasteiger partial charge in [0.2, 0.25) is 5.91 Å². The first-order valence-corrected chi connectivity index (χ1v) is 10.7. The van der Waals surface area contributed by atoms with Gasteiger partial charge in [-0.3, -0.25) is 19.7 Å². The van der Waals surface area contributed by atoms with Crippen molar-refractivity contribution >= 4 is 28.9 Å². The monoisotopic (exact) mass is 472 g/mol. The zero-order valence-electron chi connectivity index (χ0n) is 19.4. The third-order valence-electron chi connectivity index (χ3n) is 5.47. The van der Waals surface area contributed by atoms with Crippen LogP contribution in [0.5, 0.6) is 11.5 Å². The van der Waals surface area contributed by atoms with E-state index < -0.39 is 10.8 Å². The fourth-order valence-electron chi connectivity index (χ4n) is 3.65. The summed E-state index contributed by atoms with van der Waals surface area (Å²) >= 11 is 0. The van der Waals surface area contributed by atoms with Crippen molar-refractivity contribution in [2.45, 2.75) is 6.92 Å². The molecule has 0 atom stereocenters. The summed E-state index contributed by atoms with van der Waals surface area (Å²) in [5.41, 5.74) is 0.853. The molecule has 0 saturated carbocycles. The second-order valence-corrected chi connectivity index (χ2v) is 7.61. The lowest BCUT2D eigenvalue weighted by Crippen LogP contribution is -2.48. The molecule has 1 aliphatic heterocycles. The Bertz CT molecular complexity index is 1050. The molecular formula is C23H28N4O7. The van der Waals surface area contributed by atoms with Gasteiger partial charge in [-0.25, -0.2) is 0 Å². The van der Waals surface area contributed by atoms with Crippen molar-refractivity contribution in [3.63, 3.8) is 0 Å². The van der Waals surface area contributed by atoms with Crippen LogP contribution in [0.15, 0.2) is 36.4 Å². The number of piperazine rings is 1. The molecule has 11 heteroatoms. The van der Waals surface area contributed by atoms with Crippen LogP contribution in [0.2, 0.25) is 0 Å². The SMILES string of the molecule is COCCOc1cc(NC(=O)c2ccc(N3CCN(C(C)=O)CC3)c([N+](=O)[O-])c2)ccc1OC. The Kier molecular flexibility index (Phi) is 8.25. The van der Waals surface area contributed by atoms with Gasteiger partial charge in [-0.2, -0.15) is 0 Å². The number of nitro benzene ring substituents is 1. The Balaban J connectivity index is 1.76. The van der Waals surface area contributed by atoms with Gasteiger partial charge in [-0.05, 0) is 24.3 Å².